The third-order valence-corrected chi connectivity index (χ3v) is 14.7. The van der Waals surface area contributed by atoms with Gasteiger partial charge in [-0.15, -0.1) is 0 Å². The van der Waals surface area contributed by atoms with Crippen molar-refractivity contribution < 1.29 is 0 Å². The Morgan fingerprint density at radius 3 is 1.52 bits per heavy atom. The summed E-state index contributed by atoms with van der Waals surface area (Å²) in [5.41, 5.74) is 23.5. The van der Waals surface area contributed by atoms with Gasteiger partial charge in [0, 0.05) is 34.1 Å². The molecule has 0 spiro atoms. The summed E-state index contributed by atoms with van der Waals surface area (Å²) in [5, 5.41) is 5.06. The molecule has 2 heteroatoms. The molecular weight excluding hydrogens is 797 g/mol. The van der Waals surface area contributed by atoms with Crippen molar-refractivity contribution in [3.05, 3.63) is 239 Å². The number of benzene rings is 9. The Labute approximate surface area is 388 Å². The highest BCUT2D eigenvalue weighted by Gasteiger charge is 2.28. The van der Waals surface area contributed by atoms with Gasteiger partial charge in [-0.2, -0.15) is 0 Å². The van der Waals surface area contributed by atoms with Crippen LogP contribution in [0.4, 0.5) is 28.4 Å². The van der Waals surface area contributed by atoms with Gasteiger partial charge in [0.25, 0.3) is 0 Å². The first-order valence-corrected chi connectivity index (χ1v) is 24.0. The average molecular weight is 847 g/mol. The lowest BCUT2D eigenvalue weighted by Crippen LogP contribution is -2.18. The molecule has 0 atom stereocenters. The van der Waals surface area contributed by atoms with Crippen LogP contribution in [0.2, 0.25) is 0 Å². The Morgan fingerprint density at radius 1 is 0.318 bits per heavy atom. The Morgan fingerprint density at radius 2 is 0.833 bits per heavy atom. The zero-order chi connectivity index (χ0) is 43.6. The van der Waals surface area contributed by atoms with Gasteiger partial charge in [-0.05, 0) is 188 Å². The number of hydrogen-bond acceptors (Lipinski definition) is 2. The smallest absolute Gasteiger partial charge is 0.0493 e. The molecule has 2 heterocycles. The topological polar surface area (TPSA) is 6.48 Å². The van der Waals surface area contributed by atoms with Gasteiger partial charge < -0.3 is 9.80 Å². The summed E-state index contributed by atoms with van der Waals surface area (Å²) in [6, 6.07) is 69.1. The van der Waals surface area contributed by atoms with E-state index >= 15 is 0 Å². The molecule has 0 N–H and O–H groups in total. The summed E-state index contributed by atoms with van der Waals surface area (Å²) in [7, 11) is 0. The maximum atomic E-state index is 2.57. The van der Waals surface area contributed by atoms with Crippen LogP contribution in [-0.4, -0.2) is 0 Å². The minimum Gasteiger partial charge on any atom is -0.310 e. The molecule has 0 unspecified atom stereocenters. The molecule has 2 nitrogen and oxygen atoms in total. The van der Waals surface area contributed by atoms with Crippen LogP contribution in [-0.2, 0) is 25.7 Å². The zero-order valence-electron chi connectivity index (χ0n) is 37.2. The number of nitrogens with zero attached hydrogens (tertiary/aromatic N) is 2. The van der Waals surface area contributed by atoms with Gasteiger partial charge in [0.15, 0.2) is 0 Å². The number of anilines is 5. The molecule has 316 valence electrons. The zero-order valence-corrected chi connectivity index (χ0v) is 37.2. The monoisotopic (exact) mass is 846 g/mol. The van der Waals surface area contributed by atoms with Crippen molar-refractivity contribution in [2.75, 3.05) is 9.80 Å². The standard InChI is InChI=1S/C64H50N2/c1-2-14-43(15-3-1)45-26-33-50(34-27-45)63-55-38-36-54(66-61-24-12-8-19-48(61)31-32-49-20-9-13-25-62(49)66)42-58(55)64(52-35-28-44-16-4-5-21-51(44)40-52)56-39-37-53(41-57(56)63)65-59-22-10-6-17-46(59)29-30-47-18-7-11-23-60(47)65/h1-4,6,8-17,19-20,22-28,33-42H,5,7,18,21,29-32H2. The van der Waals surface area contributed by atoms with Crippen LogP contribution in [0, 0.1) is 0 Å². The molecule has 0 radical (unpaired) electrons. The molecule has 0 amide bonds. The Balaban J connectivity index is 1.12. The third kappa shape index (κ3) is 6.54. The predicted molar refractivity (Wildman–Crippen MR) is 280 cm³/mol. The number of aryl methyl sites for hydroxylation is 4. The first kappa shape index (κ1) is 38.8. The van der Waals surface area contributed by atoms with Crippen LogP contribution in [0.1, 0.15) is 53.5 Å². The maximum Gasteiger partial charge on any atom is 0.0493 e. The van der Waals surface area contributed by atoms with E-state index in [-0.39, 0.29) is 0 Å². The normalized spacial score (nSPS) is 15.2. The molecule has 13 rings (SSSR count). The van der Waals surface area contributed by atoms with Crippen molar-refractivity contribution in [1.29, 1.82) is 0 Å². The highest BCUT2D eigenvalue weighted by Crippen LogP contribution is 2.50. The van der Waals surface area contributed by atoms with Crippen molar-refractivity contribution in [3.8, 4) is 33.4 Å². The van der Waals surface area contributed by atoms with E-state index in [1.54, 1.807) is 5.57 Å². The Hall–Kier alpha value is -7.68. The molecule has 0 saturated carbocycles. The first-order chi connectivity index (χ1) is 32.7. The quantitative estimate of drug-likeness (QED) is 0.159. The predicted octanol–water partition coefficient (Wildman–Crippen LogP) is 17.2. The summed E-state index contributed by atoms with van der Waals surface area (Å²) in [6.07, 6.45) is 17.9. The molecule has 0 aromatic heterocycles. The van der Waals surface area contributed by atoms with Crippen LogP contribution in [0.15, 0.2) is 211 Å². The number of hydrogen-bond donors (Lipinski definition) is 0. The minimum absolute atomic E-state index is 1.01. The van der Waals surface area contributed by atoms with E-state index in [4.69, 9.17) is 0 Å². The minimum atomic E-state index is 1.01. The lowest BCUT2D eigenvalue weighted by atomic mass is 9.84. The number of fused-ring (bicyclic) bond motifs is 6. The second-order valence-corrected chi connectivity index (χ2v) is 18.5. The van der Waals surface area contributed by atoms with Gasteiger partial charge in [-0.1, -0.05) is 158 Å². The van der Waals surface area contributed by atoms with Gasteiger partial charge in [0.1, 0.15) is 0 Å². The van der Waals surface area contributed by atoms with E-state index in [0.29, 0.717) is 0 Å². The Bertz CT molecular complexity index is 3430. The van der Waals surface area contributed by atoms with E-state index < -0.39 is 0 Å². The highest BCUT2D eigenvalue weighted by atomic mass is 15.2. The van der Waals surface area contributed by atoms with Crippen LogP contribution >= 0.6 is 0 Å². The molecule has 0 bridgehead atoms. The van der Waals surface area contributed by atoms with Crippen LogP contribution < -0.4 is 9.80 Å². The summed E-state index contributed by atoms with van der Waals surface area (Å²) in [4.78, 5) is 5.10. The molecule has 0 saturated heterocycles. The van der Waals surface area contributed by atoms with Crippen molar-refractivity contribution >= 4 is 56.1 Å². The van der Waals surface area contributed by atoms with Crippen LogP contribution in [0.3, 0.4) is 0 Å². The molecule has 2 aliphatic heterocycles. The largest absolute Gasteiger partial charge is 0.310 e. The SMILES string of the molecule is C1=CC2=C(CC1)CCc1ccccc1N2c1ccc2c(-c3ccc4c(c3)CCC=C4)c3cc(N4c5ccccc5CCc5ccccc54)ccc3c(-c3ccc(-c4ccccc4)cc3)c2c1. The van der Waals surface area contributed by atoms with Crippen LogP contribution in [0.25, 0.3) is 61.0 Å². The second kappa shape index (κ2) is 16.1. The molecule has 66 heavy (non-hydrogen) atoms. The summed E-state index contributed by atoms with van der Waals surface area (Å²) in [6.45, 7) is 0. The van der Waals surface area contributed by atoms with Crippen molar-refractivity contribution in [2.45, 2.75) is 51.4 Å². The number of allylic oxidation sites excluding steroid dienone is 4. The Kier molecular flexibility index (Phi) is 9.44. The third-order valence-electron chi connectivity index (χ3n) is 14.7. The van der Waals surface area contributed by atoms with E-state index in [1.165, 1.54) is 117 Å². The maximum absolute atomic E-state index is 2.57. The number of para-hydroxylation sites is 3. The van der Waals surface area contributed by atoms with Gasteiger partial charge in [0.2, 0.25) is 0 Å². The first-order valence-electron chi connectivity index (χ1n) is 24.0. The van der Waals surface area contributed by atoms with E-state index in [9.17, 15) is 0 Å². The molecule has 9 aromatic rings. The second-order valence-electron chi connectivity index (χ2n) is 18.5. The van der Waals surface area contributed by atoms with Crippen LogP contribution in [0.5, 0.6) is 0 Å². The fraction of sp³-hybridized carbons (Fsp3) is 0.125. The summed E-state index contributed by atoms with van der Waals surface area (Å²) in [5.74, 6) is 0. The van der Waals surface area contributed by atoms with Gasteiger partial charge in [-0.25, -0.2) is 0 Å². The van der Waals surface area contributed by atoms with Gasteiger partial charge in [-0.3, -0.25) is 0 Å². The fourth-order valence-electron chi connectivity index (χ4n) is 11.5. The van der Waals surface area contributed by atoms with E-state index in [0.717, 1.165) is 51.4 Å². The lowest BCUT2D eigenvalue weighted by Gasteiger charge is -2.30. The molecule has 2 aliphatic carbocycles. The molecule has 4 aliphatic rings. The van der Waals surface area contributed by atoms with Gasteiger partial charge >= 0.3 is 0 Å². The van der Waals surface area contributed by atoms with E-state index in [1.807, 2.05) is 0 Å². The highest BCUT2D eigenvalue weighted by molar-refractivity contribution is 6.23. The fourth-order valence-corrected chi connectivity index (χ4v) is 11.5. The molecule has 0 fully saturated rings. The average Bonchev–Trinajstić information content (AvgIpc) is 3.66. The van der Waals surface area contributed by atoms with Crippen molar-refractivity contribution in [3.63, 3.8) is 0 Å². The lowest BCUT2D eigenvalue weighted by molar-refractivity contribution is 0.833. The molecular formula is C64H50N2. The van der Waals surface area contributed by atoms with Crippen molar-refractivity contribution in [2.24, 2.45) is 0 Å². The van der Waals surface area contributed by atoms with E-state index in [2.05, 4.69) is 216 Å². The summed E-state index contributed by atoms with van der Waals surface area (Å²) < 4.78 is 0. The van der Waals surface area contributed by atoms with Crippen molar-refractivity contribution in [1.82, 2.24) is 0 Å². The van der Waals surface area contributed by atoms with Gasteiger partial charge in [0.05, 0.1) is 0 Å². The molecule has 9 aromatic carbocycles. The number of rotatable bonds is 5. The summed E-state index contributed by atoms with van der Waals surface area (Å²) >= 11 is 0.